The summed E-state index contributed by atoms with van der Waals surface area (Å²) >= 11 is 0. The fourth-order valence-corrected chi connectivity index (χ4v) is 4.19. The summed E-state index contributed by atoms with van der Waals surface area (Å²) in [6.07, 6.45) is 0. The molecule has 146 valence electrons. The van der Waals surface area contributed by atoms with E-state index in [2.05, 4.69) is 19.2 Å². The molecule has 8 heteroatoms. The lowest BCUT2D eigenvalue weighted by Gasteiger charge is -2.30. The Bertz CT molecular complexity index is 683. The molecule has 0 atom stereocenters. The highest BCUT2D eigenvalue weighted by atomic mass is 32.2. The summed E-state index contributed by atoms with van der Waals surface area (Å²) in [4.78, 5) is 14.4. The van der Waals surface area contributed by atoms with Crippen molar-refractivity contribution in [1.82, 2.24) is 14.5 Å². The number of nitrogens with one attached hydrogen (secondary N) is 1. The van der Waals surface area contributed by atoms with E-state index in [0.717, 1.165) is 18.7 Å². The molecule has 0 spiro atoms. The van der Waals surface area contributed by atoms with Gasteiger partial charge < -0.3 is 15.0 Å². The number of amides is 1. The summed E-state index contributed by atoms with van der Waals surface area (Å²) in [7, 11) is -2.25. The van der Waals surface area contributed by atoms with E-state index < -0.39 is 10.0 Å². The van der Waals surface area contributed by atoms with Crippen LogP contribution < -0.4 is 5.32 Å². The van der Waals surface area contributed by atoms with Crippen molar-refractivity contribution in [2.24, 2.45) is 0 Å². The average Bonchev–Trinajstić information content (AvgIpc) is 2.65. The SMILES string of the molecule is COCCN(CC(=O)N1CCNCC1)S(=O)(=O)c1ccc(C(C)C)cc1. The van der Waals surface area contributed by atoms with Gasteiger partial charge in [-0.2, -0.15) is 4.31 Å². The lowest BCUT2D eigenvalue weighted by atomic mass is 10.0. The lowest BCUT2D eigenvalue weighted by Crippen LogP contribution is -2.50. The molecule has 0 radical (unpaired) electrons. The van der Waals surface area contributed by atoms with Crippen LogP contribution in [0.3, 0.4) is 0 Å². The summed E-state index contributed by atoms with van der Waals surface area (Å²) in [5.41, 5.74) is 1.07. The Morgan fingerprint density at radius 3 is 2.38 bits per heavy atom. The molecule has 26 heavy (non-hydrogen) atoms. The van der Waals surface area contributed by atoms with Gasteiger partial charge in [-0.25, -0.2) is 8.42 Å². The zero-order valence-corrected chi connectivity index (χ0v) is 16.6. The maximum atomic E-state index is 13.0. The fraction of sp³-hybridized carbons (Fsp3) is 0.611. The highest BCUT2D eigenvalue weighted by Gasteiger charge is 2.28. The van der Waals surface area contributed by atoms with E-state index >= 15 is 0 Å². The zero-order valence-electron chi connectivity index (χ0n) is 15.8. The second-order valence-corrected chi connectivity index (χ2v) is 8.62. The second-order valence-electron chi connectivity index (χ2n) is 6.69. The Balaban J connectivity index is 2.18. The quantitative estimate of drug-likeness (QED) is 0.721. The normalized spacial score (nSPS) is 15.7. The lowest BCUT2D eigenvalue weighted by molar-refractivity contribution is -0.132. The Morgan fingerprint density at radius 2 is 1.85 bits per heavy atom. The van der Waals surface area contributed by atoms with Crippen molar-refractivity contribution in [3.8, 4) is 0 Å². The van der Waals surface area contributed by atoms with E-state index in [9.17, 15) is 13.2 Å². The van der Waals surface area contributed by atoms with Gasteiger partial charge in [0.1, 0.15) is 0 Å². The average molecular weight is 384 g/mol. The van der Waals surface area contributed by atoms with Crippen molar-refractivity contribution in [2.75, 3.05) is 53.0 Å². The van der Waals surface area contributed by atoms with Crippen LogP contribution in [-0.2, 0) is 19.6 Å². The van der Waals surface area contributed by atoms with Crippen molar-refractivity contribution in [3.05, 3.63) is 29.8 Å². The zero-order chi connectivity index (χ0) is 19.2. The maximum Gasteiger partial charge on any atom is 0.243 e. The van der Waals surface area contributed by atoms with Crippen molar-refractivity contribution >= 4 is 15.9 Å². The Morgan fingerprint density at radius 1 is 1.23 bits per heavy atom. The number of sulfonamides is 1. The number of hydrogen-bond acceptors (Lipinski definition) is 5. The number of piperazine rings is 1. The van der Waals surface area contributed by atoms with Crippen LogP contribution in [0.1, 0.15) is 25.3 Å². The van der Waals surface area contributed by atoms with Gasteiger partial charge in [-0.05, 0) is 23.6 Å². The van der Waals surface area contributed by atoms with Crippen molar-refractivity contribution in [1.29, 1.82) is 0 Å². The third kappa shape index (κ3) is 5.26. The standard InChI is InChI=1S/C18H29N3O4S/c1-15(2)16-4-6-17(7-5-16)26(23,24)21(12-13-25-3)14-18(22)20-10-8-19-9-11-20/h4-7,15,19H,8-14H2,1-3H3. The molecule has 1 aromatic carbocycles. The van der Waals surface area contributed by atoms with Gasteiger partial charge in [-0.3, -0.25) is 4.79 Å². The van der Waals surface area contributed by atoms with Crippen LogP contribution in [0.25, 0.3) is 0 Å². The summed E-state index contributed by atoms with van der Waals surface area (Å²) in [6, 6.07) is 6.87. The Labute approximate surface area is 156 Å². The molecule has 1 saturated heterocycles. The minimum Gasteiger partial charge on any atom is -0.383 e. The van der Waals surface area contributed by atoms with E-state index in [4.69, 9.17) is 4.74 Å². The van der Waals surface area contributed by atoms with Crippen LogP contribution >= 0.6 is 0 Å². The van der Waals surface area contributed by atoms with Gasteiger partial charge in [0.25, 0.3) is 0 Å². The van der Waals surface area contributed by atoms with Crippen LogP contribution in [-0.4, -0.2) is 76.5 Å². The summed E-state index contributed by atoms with van der Waals surface area (Å²) in [5.74, 6) is 0.149. The van der Waals surface area contributed by atoms with Crippen molar-refractivity contribution in [3.63, 3.8) is 0 Å². The van der Waals surface area contributed by atoms with Crippen LogP contribution in [0.4, 0.5) is 0 Å². The van der Waals surface area contributed by atoms with Gasteiger partial charge in [-0.15, -0.1) is 0 Å². The molecule has 1 aliphatic rings. The van der Waals surface area contributed by atoms with E-state index in [1.165, 1.54) is 11.4 Å². The molecule has 1 fully saturated rings. The highest BCUT2D eigenvalue weighted by molar-refractivity contribution is 7.89. The first-order valence-electron chi connectivity index (χ1n) is 8.94. The number of carbonyl (C=O) groups excluding carboxylic acids is 1. The first-order valence-corrected chi connectivity index (χ1v) is 10.4. The van der Waals surface area contributed by atoms with Crippen LogP contribution in [0.15, 0.2) is 29.2 Å². The molecule has 1 N–H and O–H groups in total. The molecule has 0 aromatic heterocycles. The molecule has 1 heterocycles. The van der Waals surface area contributed by atoms with E-state index in [1.54, 1.807) is 17.0 Å². The van der Waals surface area contributed by atoms with Gasteiger partial charge >= 0.3 is 0 Å². The molecular weight excluding hydrogens is 354 g/mol. The minimum atomic E-state index is -3.76. The summed E-state index contributed by atoms with van der Waals surface area (Å²) < 4.78 is 32.3. The third-order valence-corrected chi connectivity index (χ3v) is 6.37. The molecule has 1 aliphatic heterocycles. The first kappa shape index (κ1) is 20.8. The van der Waals surface area contributed by atoms with E-state index in [0.29, 0.717) is 19.0 Å². The van der Waals surface area contributed by atoms with Crippen LogP contribution in [0.5, 0.6) is 0 Å². The fourth-order valence-electron chi connectivity index (χ4n) is 2.82. The predicted octanol–water partition coefficient (Wildman–Crippen LogP) is 0.879. The molecule has 2 rings (SSSR count). The molecule has 1 amide bonds. The summed E-state index contributed by atoms with van der Waals surface area (Å²) in [5, 5.41) is 3.18. The highest BCUT2D eigenvalue weighted by Crippen LogP contribution is 2.20. The van der Waals surface area contributed by atoms with Crippen LogP contribution in [0, 0.1) is 0 Å². The van der Waals surface area contributed by atoms with Gasteiger partial charge in [0.05, 0.1) is 18.0 Å². The first-order chi connectivity index (χ1) is 12.4. The van der Waals surface area contributed by atoms with Gasteiger partial charge in [0.2, 0.25) is 15.9 Å². The topological polar surface area (TPSA) is 79.0 Å². The third-order valence-electron chi connectivity index (χ3n) is 4.51. The molecule has 0 aliphatic carbocycles. The predicted molar refractivity (Wildman–Crippen MR) is 101 cm³/mol. The number of carbonyl (C=O) groups is 1. The smallest absolute Gasteiger partial charge is 0.243 e. The number of hydrogen-bond donors (Lipinski definition) is 1. The van der Waals surface area contributed by atoms with Gasteiger partial charge in [-0.1, -0.05) is 26.0 Å². The monoisotopic (exact) mass is 383 g/mol. The number of ether oxygens (including phenoxy) is 1. The molecule has 7 nitrogen and oxygen atoms in total. The maximum absolute atomic E-state index is 13.0. The van der Waals surface area contributed by atoms with Gasteiger partial charge in [0, 0.05) is 39.8 Å². The molecule has 0 bridgehead atoms. The molecule has 1 aromatic rings. The summed E-state index contributed by atoms with van der Waals surface area (Å²) in [6.45, 7) is 6.97. The Hall–Kier alpha value is -1.48. The Kier molecular flexibility index (Phi) is 7.57. The van der Waals surface area contributed by atoms with E-state index in [1.807, 2.05) is 12.1 Å². The molecule has 0 saturated carbocycles. The van der Waals surface area contributed by atoms with E-state index in [-0.39, 0.29) is 30.5 Å². The van der Waals surface area contributed by atoms with Crippen molar-refractivity contribution in [2.45, 2.75) is 24.7 Å². The molecule has 0 unspecified atom stereocenters. The van der Waals surface area contributed by atoms with Gasteiger partial charge in [0.15, 0.2) is 0 Å². The number of methoxy groups -OCH3 is 1. The molecular formula is C18H29N3O4S. The van der Waals surface area contributed by atoms with Crippen molar-refractivity contribution < 1.29 is 17.9 Å². The number of rotatable bonds is 8. The minimum absolute atomic E-state index is 0.141. The number of benzene rings is 1. The van der Waals surface area contributed by atoms with Crippen LogP contribution in [0.2, 0.25) is 0 Å². The number of nitrogens with zero attached hydrogens (tertiary/aromatic N) is 2. The second kappa shape index (κ2) is 9.45. The largest absolute Gasteiger partial charge is 0.383 e.